The first-order chi connectivity index (χ1) is 9.58. The molecule has 0 bridgehead atoms. The van der Waals surface area contributed by atoms with Crippen LogP contribution in [0.25, 0.3) is 0 Å². The van der Waals surface area contributed by atoms with Crippen LogP contribution in [0.3, 0.4) is 0 Å². The van der Waals surface area contributed by atoms with E-state index in [0.29, 0.717) is 26.0 Å². The van der Waals surface area contributed by atoms with Gasteiger partial charge in [0.2, 0.25) is 11.8 Å². The molecule has 0 aliphatic carbocycles. The molecular formula is C15H26N2O3. The van der Waals surface area contributed by atoms with E-state index < -0.39 is 0 Å². The molecule has 0 spiro atoms. The molecule has 2 rings (SSSR count). The molecular weight excluding hydrogens is 256 g/mol. The van der Waals surface area contributed by atoms with Crippen LogP contribution in [-0.2, 0) is 14.3 Å². The van der Waals surface area contributed by atoms with Crippen molar-refractivity contribution >= 4 is 11.8 Å². The molecule has 5 heteroatoms. The number of rotatable bonds is 4. The molecule has 0 aromatic heterocycles. The van der Waals surface area contributed by atoms with E-state index in [1.54, 1.807) is 0 Å². The smallest absolute Gasteiger partial charge is 0.225 e. The van der Waals surface area contributed by atoms with E-state index in [9.17, 15) is 9.59 Å². The van der Waals surface area contributed by atoms with Gasteiger partial charge < -0.3 is 15.4 Å². The Balaban J connectivity index is 1.86. The fraction of sp³-hybridized carbons (Fsp3) is 0.867. The van der Waals surface area contributed by atoms with Crippen LogP contribution < -0.4 is 10.6 Å². The SMILES string of the molecule is CCC1(CC)CC(NC(=O)C2CCC(=O)NC2)CCO1. The van der Waals surface area contributed by atoms with Gasteiger partial charge >= 0.3 is 0 Å². The van der Waals surface area contributed by atoms with E-state index >= 15 is 0 Å². The number of hydrogen-bond acceptors (Lipinski definition) is 3. The maximum atomic E-state index is 12.3. The zero-order chi connectivity index (χ0) is 14.6. The summed E-state index contributed by atoms with van der Waals surface area (Å²) in [4.78, 5) is 23.4. The average Bonchev–Trinajstić information content (AvgIpc) is 2.48. The Kier molecular flexibility index (Phi) is 5.02. The van der Waals surface area contributed by atoms with Crippen molar-refractivity contribution < 1.29 is 14.3 Å². The molecule has 0 radical (unpaired) electrons. The van der Waals surface area contributed by atoms with Crippen molar-refractivity contribution in [2.75, 3.05) is 13.2 Å². The molecule has 2 aliphatic rings. The highest BCUT2D eigenvalue weighted by atomic mass is 16.5. The Morgan fingerprint density at radius 1 is 1.40 bits per heavy atom. The fourth-order valence-electron chi connectivity index (χ4n) is 3.17. The molecule has 0 aromatic rings. The van der Waals surface area contributed by atoms with Crippen molar-refractivity contribution in [2.24, 2.45) is 5.92 Å². The first-order valence-electron chi connectivity index (χ1n) is 7.79. The van der Waals surface area contributed by atoms with Crippen LogP contribution >= 0.6 is 0 Å². The summed E-state index contributed by atoms with van der Waals surface area (Å²) in [6, 6.07) is 0.203. The summed E-state index contributed by atoms with van der Waals surface area (Å²) < 4.78 is 5.93. The number of nitrogens with one attached hydrogen (secondary N) is 2. The monoisotopic (exact) mass is 282 g/mol. The minimum absolute atomic E-state index is 0.0519. The van der Waals surface area contributed by atoms with E-state index in [-0.39, 0.29) is 29.4 Å². The number of carbonyl (C=O) groups excluding carboxylic acids is 2. The van der Waals surface area contributed by atoms with E-state index in [0.717, 1.165) is 25.7 Å². The third-order valence-electron chi connectivity index (χ3n) is 4.76. The molecule has 2 N–H and O–H groups in total. The number of piperidine rings is 1. The van der Waals surface area contributed by atoms with Crippen molar-refractivity contribution in [3.63, 3.8) is 0 Å². The lowest BCUT2D eigenvalue weighted by Crippen LogP contribution is -2.51. The molecule has 0 aromatic carbocycles. The predicted molar refractivity (Wildman–Crippen MR) is 76.2 cm³/mol. The van der Waals surface area contributed by atoms with Crippen LogP contribution in [0.15, 0.2) is 0 Å². The van der Waals surface area contributed by atoms with Gasteiger partial charge in [-0.1, -0.05) is 13.8 Å². The van der Waals surface area contributed by atoms with Crippen LogP contribution in [-0.4, -0.2) is 36.6 Å². The Bertz CT molecular complexity index is 356. The normalized spacial score (nSPS) is 29.6. The van der Waals surface area contributed by atoms with E-state index in [4.69, 9.17) is 4.74 Å². The molecule has 2 saturated heterocycles. The molecule has 2 fully saturated rings. The van der Waals surface area contributed by atoms with Gasteiger partial charge in [0, 0.05) is 25.6 Å². The van der Waals surface area contributed by atoms with Crippen molar-refractivity contribution in [3.8, 4) is 0 Å². The first kappa shape index (κ1) is 15.3. The Hall–Kier alpha value is -1.10. The third-order valence-corrected chi connectivity index (χ3v) is 4.76. The first-order valence-corrected chi connectivity index (χ1v) is 7.79. The maximum absolute atomic E-state index is 12.3. The van der Waals surface area contributed by atoms with Crippen molar-refractivity contribution in [3.05, 3.63) is 0 Å². The molecule has 2 unspecified atom stereocenters. The molecule has 20 heavy (non-hydrogen) atoms. The van der Waals surface area contributed by atoms with Gasteiger partial charge in [-0.25, -0.2) is 0 Å². The van der Waals surface area contributed by atoms with E-state index in [1.807, 2.05) is 0 Å². The summed E-state index contributed by atoms with van der Waals surface area (Å²) in [7, 11) is 0. The lowest BCUT2D eigenvalue weighted by molar-refractivity contribution is -0.132. The van der Waals surface area contributed by atoms with Crippen molar-refractivity contribution in [1.29, 1.82) is 0 Å². The lowest BCUT2D eigenvalue weighted by Gasteiger charge is -2.40. The average molecular weight is 282 g/mol. The number of carbonyl (C=O) groups is 2. The van der Waals surface area contributed by atoms with Gasteiger partial charge in [-0.15, -0.1) is 0 Å². The van der Waals surface area contributed by atoms with E-state index in [1.165, 1.54) is 0 Å². The molecule has 2 atom stereocenters. The van der Waals surface area contributed by atoms with E-state index in [2.05, 4.69) is 24.5 Å². The standard InChI is InChI=1S/C15H26N2O3/c1-3-15(4-2)9-12(7-8-20-15)17-14(19)11-5-6-13(18)16-10-11/h11-12H,3-10H2,1-2H3,(H,16,18)(H,17,19). The van der Waals surface area contributed by atoms with Gasteiger partial charge in [0.25, 0.3) is 0 Å². The number of hydrogen-bond donors (Lipinski definition) is 2. The molecule has 114 valence electrons. The highest BCUT2D eigenvalue weighted by molar-refractivity contribution is 5.83. The number of amides is 2. The molecule has 2 aliphatic heterocycles. The van der Waals surface area contributed by atoms with Gasteiger partial charge in [0.15, 0.2) is 0 Å². The second-order valence-corrected chi connectivity index (χ2v) is 5.98. The van der Waals surface area contributed by atoms with Gasteiger partial charge in [0.1, 0.15) is 0 Å². The van der Waals surface area contributed by atoms with Crippen LogP contribution in [0.5, 0.6) is 0 Å². The zero-order valence-corrected chi connectivity index (χ0v) is 12.5. The minimum atomic E-state index is -0.0757. The van der Waals surface area contributed by atoms with Crippen molar-refractivity contribution in [2.45, 2.75) is 64.0 Å². The molecule has 0 saturated carbocycles. The maximum Gasteiger partial charge on any atom is 0.225 e. The lowest BCUT2D eigenvalue weighted by atomic mass is 9.85. The second kappa shape index (κ2) is 6.57. The predicted octanol–water partition coefficient (Wildman–Crippen LogP) is 1.37. The zero-order valence-electron chi connectivity index (χ0n) is 12.5. The highest BCUT2D eigenvalue weighted by Crippen LogP contribution is 2.31. The Labute approximate surface area is 120 Å². The van der Waals surface area contributed by atoms with Gasteiger partial charge in [-0.05, 0) is 32.1 Å². The van der Waals surface area contributed by atoms with Gasteiger partial charge in [0.05, 0.1) is 11.5 Å². The van der Waals surface area contributed by atoms with Gasteiger partial charge in [-0.2, -0.15) is 0 Å². The van der Waals surface area contributed by atoms with Crippen LogP contribution in [0.4, 0.5) is 0 Å². The summed E-state index contributed by atoms with van der Waals surface area (Å²) in [6.07, 6.45) is 4.86. The Morgan fingerprint density at radius 2 is 2.15 bits per heavy atom. The van der Waals surface area contributed by atoms with Crippen LogP contribution in [0, 0.1) is 5.92 Å². The quantitative estimate of drug-likeness (QED) is 0.818. The van der Waals surface area contributed by atoms with Crippen molar-refractivity contribution in [1.82, 2.24) is 10.6 Å². The molecule has 2 heterocycles. The topological polar surface area (TPSA) is 67.4 Å². The third kappa shape index (κ3) is 3.51. The van der Waals surface area contributed by atoms with Crippen LogP contribution in [0.2, 0.25) is 0 Å². The summed E-state index contributed by atoms with van der Waals surface area (Å²) >= 11 is 0. The molecule has 2 amide bonds. The highest BCUT2D eigenvalue weighted by Gasteiger charge is 2.36. The summed E-state index contributed by atoms with van der Waals surface area (Å²) in [5.74, 6) is 0.0577. The second-order valence-electron chi connectivity index (χ2n) is 5.98. The minimum Gasteiger partial charge on any atom is -0.375 e. The summed E-state index contributed by atoms with van der Waals surface area (Å²) in [6.45, 7) is 5.48. The Morgan fingerprint density at radius 3 is 2.75 bits per heavy atom. The fourth-order valence-corrected chi connectivity index (χ4v) is 3.17. The molecule has 5 nitrogen and oxygen atoms in total. The van der Waals surface area contributed by atoms with Crippen LogP contribution in [0.1, 0.15) is 52.4 Å². The van der Waals surface area contributed by atoms with Gasteiger partial charge in [-0.3, -0.25) is 9.59 Å². The number of ether oxygens (including phenoxy) is 1. The summed E-state index contributed by atoms with van der Waals surface area (Å²) in [5.41, 5.74) is -0.0724. The summed E-state index contributed by atoms with van der Waals surface area (Å²) in [5, 5.41) is 5.92. The largest absolute Gasteiger partial charge is 0.375 e.